The van der Waals surface area contributed by atoms with E-state index in [4.69, 9.17) is 0 Å². The van der Waals surface area contributed by atoms with Gasteiger partial charge in [0.2, 0.25) is 0 Å². The van der Waals surface area contributed by atoms with Crippen LogP contribution in [0.3, 0.4) is 0 Å². The van der Waals surface area contributed by atoms with Crippen LogP contribution in [0.4, 0.5) is 5.82 Å². The first-order valence-electron chi connectivity index (χ1n) is 7.11. The van der Waals surface area contributed by atoms with E-state index in [9.17, 15) is 0 Å². The molecular formula is C17H23N3. The second-order valence-electron chi connectivity index (χ2n) is 5.17. The molecule has 0 bridgehead atoms. The zero-order valence-electron chi connectivity index (χ0n) is 12.6. The molecule has 0 aliphatic rings. The summed E-state index contributed by atoms with van der Waals surface area (Å²) < 4.78 is 0. The third-order valence-electron chi connectivity index (χ3n) is 3.35. The van der Waals surface area contributed by atoms with Crippen LogP contribution >= 0.6 is 0 Å². The van der Waals surface area contributed by atoms with Crippen molar-refractivity contribution in [2.24, 2.45) is 0 Å². The molecule has 2 rings (SSSR count). The number of benzene rings is 1. The van der Waals surface area contributed by atoms with Gasteiger partial charge in [-0.15, -0.1) is 0 Å². The van der Waals surface area contributed by atoms with Crippen molar-refractivity contribution in [2.45, 2.75) is 26.9 Å². The Labute approximate surface area is 121 Å². The highest BCUT2D eigenvalue weighted by molar-refractivity contribution is 5.37. The number of nitrogens with zero attached hydrogens (tertiary/aromatic N) is 2. The maximum absolute atomic E-state index is 4.45. The highest BCUT2D eigenvalue weighted by Crippen LogP contribution is 2.10. The van der Waals surface area contributed by atoms with E-state index >= 15 is 0 Å². The smallest absolute Gasteiger partial charge is 0.126 e. The van der Waals surface area contributed by atoms with Gasteiger partial charge < -0.3 is 10.2 Å². The molecule has 0 spiro atoms. The van der Waals surface area contributed by atoms with Crippen molar-refractivity contribution in [3.63, 3.8) is 0 Å². The van der Waals surface area contributed by atoms with Crippen LogP contribution < -0.4 is 5.32 Å². The van der Waals surface area contributed by atoms with Crippen LogP contribution in [-0.2, 0) is 13.1 Å². The monoisotopic (exact) mass is 269 g/mol. The van der Waals surface area contributed by atoms with Crippen LogP contribution in [0, 0.1) is 6.92 Å². The number of pyridine rings is 1. The lowest BCUT2D eigenvalue weighted by atomic mass is 10.1. The third kappa shape index (κ3) is 4.35. The van der Waals surface area contributed by atoms with Gasteiger partial charge in [-0.25, -0.2) is 4.98 Å². The molecule has 0 saturated heterocycles. The van der Waals surface area contributed by atoms with Gasteiger partial charge >= 0.3 is 0 Å². The van der Waals surface area contributed by atoms with Crippen molar-refractivity contribution in [3.8, 4) is 0 Å². The molecule has 3 heteroatoms. The van der Waals surface area contributed by atoms with Gasteiger partial charge in [0.25, 0.3) is 0 Å². The van der Waals surface area contributed by atoms with Crippen molar-refractivity contribution >= 4 is 5.82 Å². The highest BCUT2D eigenvalue weighted by atomic mass is 15.1. The molecule has 1 N–H and O–H groups in total. The molecular weight excluding hydrogens is 246 g/mol. The van der Waals surface area contributed by atoms with Crippen LogP contribution in [0.1, 0.15) is 23.7 Å². The van der Waals surface area contributed by atoms with Crippen LogP contribution in [0.5, 0.6) is 0 Å². The molecule has 1 heterocycles. The predicted molar refractivity (Wildman–Crippen MR) is 84.8 cm³/mol. The molecule has 1 aromatic heterocycles. The maximum Gasteiger partial charge on any atom is 0.126 e. The summed E-state index contributed by atoms with van der Waals surface area (Å²) in [6.07, 6.45) is 0. The van der Waals surface area contributed by atoms with Gasteiger partial charge in [-0.1, -0.05) is 37.3 Å². The topological polar surface area (TPSA) is 28.2 Å². The average Bonchev–Trinajstić information content (AvgIpc) is 2.45. The Morgan fingerprint density at radius 3 is 2.60 bits per heavy atom. The van der Waals surface area contributed by atoms with E-state index < -0.39 is 0 Å². The molecule has 0 atom stereocenters. The number of rotatable bonds is 6. The van der Waals surface area contributed by atoms with Crippen molar-refractivity contribution in [1.82, 2.24) is 9.88 Å². The number of hydrogen-bond acceptors (Lipinski definition) is 3. The average molecular weight is 269 g/mol. The zero-order valence-corrected chi connectivity index (χ0v) is 12.6. The van der Waals surface area contributed by atoms with Crippen LogP contribution in [-0.4, -0.2) is 23.5 Å². The van der Waals surface area contributed by atoms with Crippen molar-refractivity contribution in [3.05, 3.63) is 59.3 Å². The minimum atomic E-state index is 0.806. The Hall–Kier alpha value is -1.87. The fraction of sp³-hybridized carbons (Fsp3) is 0.353. The fourth-order valence-corrected chi connectivity index (χ4v) is 2.10. The lowest BCUT2D eigenvalue weighted by molar-refractivity contribution is 0.345. The lowest BCUT2D eigenvalue weighted by Gasteiger charge is -2.14. The molecule has 0 aliphatic heterocycles. The summed E-state index contributed by atoms with van der Waals surface area (Å²) in [5.41, 5.74) is 3.68. The molecule has 20 heavy (non-hydrogen) atoms. The van der Waals surface area contributed by atoms with E-state index in [-0.39, 0.29) is 0 Å². The minimum Gasteiger partial charge on any atom is -0.366 e. The molecule has 0 aliphatic carbocycles. The second-order valence-corrected chi connectivity index (χ2v) is 5.17. The number of nitrogens with one attached hydrogen (secondary N) is 1. The van der Waals surface area contributed by atoms with Gasteiger partial charge in [0.15, 0.2) is 0 Å². The molecule has 0 amide bonds. The number of aryl methyl sites for hydroxylation is 1. The number of aromatic nitrogens is 1. The van der Waals surface area contributed by atoms with Gasteiger partial charge in [0, 0.05) is 18.8 Å². The van der Waals surface area contributed by atoms with Gasteiger partial charge in [-0.2, -0.15) is 0 Å². The summed E-state index contributed by atoms with van der Waals surface area (Å²) in [6, 6.07) is 14.7. The van der Waals surface area contributed by atoms with E-state index in [0.29, 0.717) is 0 Å². The predicted octanol–water partition coefficient (Wildman–Crippen LogP) is 3.45. The first kappa shape index (κ1) is 14.5. The first-order valence-corrected chi connectivity index (χ1v) is 7.11. The molecule has 106 valence electrons. The highest BCUT2D eigenvalue weighted by Gasteiger charge is 2.00. The summed E-state index contributed by atoms with van der Waals surface area (Å²) >= 11 is 0. The first-order chi connectivity index (χ1) is 9.67. The Morgan fingerprint density at radius 1 is 1.10 bits per heavy atom. The Bertz CT molecular complexity index is 551. The summed E-state index contributed by atoms with van der Waals surface area (Å²) in [6.45, 7) is 7.05. The normalized spacial score (nSPS) is 10.8. The Kier molecular flexibility index (Phi) is 5.13. The Morgan fingerprint density at radius 2 is 1.85 bits per heavy atom. The lowest BCUT2D eigenvalue weighted by Crippen LogP contribution is -2.16. The molecule has 3 nitrogen and oxygen atoms in total. The molecule has 0 fully saturated rings. The van der Waals surface area contributed by atoms with Gasteiger partial charge in [-0.05, 0) is 43.8 Å². The molecule has 2 aromatic rings. The summed E-state index contributed by atoms with van der Waals surface area (Å²) in [4.78, 5) is 6.75. The van der Waals surface area contributed by atoms with Crippen molar-refractivity contribution in [2.75, 3.05) is 18.9 Å². The number of anilines is 1. The van der Waals surface area contributed by atoms with Crippen molar-refractivity contribution < 1.29 is 0 Å². The quantitative estimate of drug-likeness (QED) is 0.870. The maximum atomic E-state index is 4.45. The molecule has 0 saturated carbocycles. The number of hydrogen-bond donors (Lipinski definition) is 1. The van der Waals surface area contributed by atoms with Gasteiger partial charge in [-0.3, -0.25) is 0 Å². The molecule has 0 unspecified atom stereocenters. The van der Waals surface area contributed by atoms with E-state index in [1.54, 1.807) is 0 Å². The van der Waals surface area contributed by atoms with Crippen LogP contribution in [0.15, 0.2) is 42.5 Å². The Balaban J connectivity index is 1.97. The van der Waals surface area contributed by atoms with E-state index in [1.165, 1.54) is 11.1 Å². The largest absolute Gasteiger partial charge is 0.366 e. The summed E-state index contributed by atoms with van der Waals surface area (Å²) in [7, 11) is 2.14. The standard InChI is InChI=1S/C17H23N3/c1-4-20(3)13-16-9-6-8-15(11-16)12-18-17-10-5-7-14(2)19-17/h5-11H,4,12-13H2,1-3H3,(H,18,19). The van der Waals surface area contributed by atoms with Gasteiger partial charge in [0.05, 0.1) is 0 Å². The van der Waals surface area contributed by atoms with Gasteiger partial charge in [0.1, 0.15) is 5.82 Å². The van der Waals surface area contributed by atoms with E-state index in [0.717, 1.165) is 31.1 Å². The minimum absolute atomic E-state index is 0.806. The van der Waals surface area contributed by atoms with E-state index in [2.05, 4.69) is 53.4 Å². The van der Waals surface area contributed by atoms with Crippen LogP contribution in [0.25, 0.3) is 0 Å². The van der Waals surface area contributed by atoms with Crippen molar-refractivity contribution in [1.29, 1.82) is 0 Å². The van der Waals surface area contributed by atoms with E-state index in [1.807, 2.05) is 25.1 Å². The summed E-state index contributed by atoms with van der Waals surface area (Å²) in [5, 5.41) is 3.37. The molecule has 1 aromatic carbocycles. The molecule has 0 radical (unpaired) electrons. The third-order valence-corrected chi connectivity index (χ3v) is 3.35. The second kappa shape index (κ2) is 7.06. The van der Waals surface area contributed by atoms with Crippen LogP contribution in [0.2, 0.25) is 0 Å². The zero-order chi connectivity index (χ0) is 14.4. The summed E-state index contributed by atoms with van der Waals surface area (Å²) in [5.74, 6) is 0.932. The fourth-order valence-electron chi connectivity index (χ4n) is 2.10. The SMILES string of the molecule is CCN(C)Cc1cccc(CNc2cccc(C)n2)c1.